The second-order valence-corrected chi connectivity index (χ2v) is 6.69. The van der Waals surface area contributed by atoms with Crippen molar-refractivity contribution in [1.82, 2.24) is 5.43 Å². The molecule has 7 heteroatoms. The first kappa shape index (κ1) is 17.3. The molecule has 0 spiro atoms. The fourth-order valence-electron chi connectivity index (χ4n) is 2.81. The SMILES string of the molecule is COc1cc(OC)c(/C=N\NC(=O)c2cc3c(s2)CCC3)c(OC)c1. The van der Waals surface area contributed by atoms with Crippen molar-refractivity contribution in [3.8, 4) is 17.2 Å². The number of thiophene rings is 1. The van der Waals surface area contributed by atoms with Crippen molar-refractivity contribution in [3.63, 3.8) is 0 Å². The Morgan fingerprint density at radius 2 is 1.84 bits per heavy atom. The number of carbonyl (C=O) groups is 1. The van der Waals surface area contributed by atoms with Gasteiger partial charge in [-0.1, -0.05) is 0 Å². The third kappa shape index (κ3) is 3.61. The van der Waals surface area contributed by atoms with E-state index in [4.69, 9.17) is 14.2 Å². The number of nitrogens with zero attached hydrogens (tertiary/aromatic N) is 1. The molecule has 0 bridgehead atoms. The quantitative estimate of drug-likeness (QED) is 0.635. The van der Waals surface area contributed by atoms with Crippen LogP contribution >= 0.6 is 11.3 Å². The van der Waals surface area contributed by atoms with E-state index in [-0.39, 0.29) is 5.91 Å². The van der Waals surface area contributed by atoms with E-state index in [9.17, 15) is 4.79 Å². The third-order valence-corrected chi connectivity index (χ3v) is 5.32. The van der Waals surface area contributed by atoms with Gasteiger partial charge in [0.05, 0.1) is 38.0 Å². The first-order chi connectivity index (χ1) is 12.2. The molecule has 6 nitrogen and oxygen atoms in total. The highest BCUT2D eigenvalue weighted by molar-refractivity contribution is 7.14. The summed E-state index contributed by atoms with van der Waals surface area (Å²) in [7, 11) is 4.68. The van der Waals surface area contributed by atoms with Gasteiger partial charge >= 0.3 is 0 Å². The minimum atomic E-state index is -0.206. The van der Waals surface area contributed by atoms with Crippen LogP contribution in [0, 0.1) is 0 Å². The summed E-state index contributed by atoms with van der Waals surface area (Å²) in [5, 5.41) is 4.05. The summed E-state index contributed by atoms with van der Waals surface area (Å²) >= 11 is 1.54. The Morgan fingerprint density at radius 1 is 1.12 bits per heavy atom. The smallest absolute Gasteiger partial charge is 0.281 e. The molecule has 25 heavy (non-hydrogen) atoms. The highest BCUT2D eigenvalue weighted by Crippen LogP contribution is 2.33. The maximum absolute atomic E-state index is 12.3. The van der Waals surface area contributed by atoms with Gasteiger partial charge in [-0.2, -0.15) is 5.10 Å². The topological polar surface area (TPSA) is 69.2 Å². The summed E-state index contributed by atoms with van der Waals surface area (Å²) in [5.41, 5.74) is 4.48. The molecule has 3 rings (SSSR count). The van der Waals surface area contributed by atoms with Gasteiger partial charge in [0.15, 0.2) is 0 Å². The zero-order valence-electron chi connectivity index (χ0n) is 14.4. The average Bonchev–Trinajstić information content (AvgIpc) is 3.23. The number of amides is 1. The van der Waals surface area contributed by atoms with Gasteiger partial charge in [0, 0.05) is 17.0 Å². The summed E-state index contributed by atoms with van der Waals surface area (Å²) in [6.07, 6.45) is 4.81. The van der Waals surface area contributed by atoms with E-state index in [0.717, 1.165) is 12.8 Å². The molecule has 0 atom stereocenters. The lowest BCUT2D eigenvalue weighted by Crippen LogP contribution is -2.16. The van der Waals surface area contributed by atoms with Crippen LogP contribution in [0.1, 0.15) is 32.1 Å². The molecule has 132 valence electrons. The summed E-state index contributed by atoms with van der Waals surface area (Å²) in [6.45, 7) is 0. The van der Waals surface area contributed by atoms with Gasteiger partial charge in [0.25, 0.3) is 5.91 Å². The molecule has 1 N–H and O–H groups in total. The Balaban J connectivity index is 1.76. The van der Waals surface area contributed by atoms with Gasteiger partial charge in [0.2, 0.25) is 0 Å². The predicted octanol–water partition coefficient (Wildman–Crippen LogP) is 3.03. The number of nitrogens with one attached hydrogen (secondary N) is 1. The van der Waals surface area contributed by atoms with Crippen LogP contribution in [0.2, 0.25) is 0 Å². The summed E-state index contributed by atoms with van der Waals surface area (Å²) in [5.74, 6) is 1.50. The second kappa shape index (κ2) is 7.57. The summed E-state index contributed by atoms with van der Waals surface area (Å²) in [6, 6.07) is 5.43. The largest absolute Gasteiger partial charge is 0.496 e. The fraction of sp³-hybridized carbons (Fsp3) is 0.333. The Labute approximate surface area is 150 Å². The van der Waals surface area contributed by atoms with Crippen LogP contribution in [0.25, 0.3) is 0 Å². The lowest BCUT2D eigenvalue weighted by atomic mass is 10.2. The molecule has 0 unspecified atom stereocenters. The first-order valence-electron chi connectivity index (χ1n) is 7.91. The van der Waals surface area contributed by atoms with Crippen LogP contribution in [0.3, 0.4) is 0 Å². The van der Waals surface area contributed by atoms with E-state index in [1.54, 1.807) is 44.8 Å². The molecule has 1 aromatic heterocycles. The van der Waals surface area contributed by atoms with Gasteiger partial charge in [-0.25, -0.2) is 5.43 Å². The van der Waals surface area contributed by atoms with E-state index in [1.165, 1.54) is 23.1 Å². The van der Waals surface area contributed by atoms with Crippen LogP contribution in [-0.4, -0.2) is 33.5 Å². The number of carbonyl (C=O) groups excluding carboxylic acids is 1. The number of aryl methyl sites for hydroxylation is 2. The number of fused-ring (bicyclic) bond motifs is 1. The fourth-order valence-corrected chi connectivity index (χ4v) is 3.95. The zero-order chi connectivity index (χ0) is 17.8. The molecule has 0 saturated heterocycles. The number of hydrogen-bond acceptors (Lipinski definition) is 6. The van der Waals surface area contributed by atoms with Crippen molar-refractivity contribution < 1.29 is 19.0 Å². The van der Waals surface area contributed by atoms with Crippen molar-refractivity contribution in [2.45, 2.75) is 19.3 Å². The Hall–Kier alpha value is -2.54. The number of ether oxygens (including phenoxy) is 3. The maximum atomic E-state index is 12.3. The lowest BCUT2D eigenvalue weighted by Gasteiger charge is -2.12. The molecule has 1 aliphatic carbocycles. The van der Waals surface area contributed by atoms with E-state index in [1.807, 2.05) is 6.07 Å². The van der Waals surface area contributed by atoms with Gasteiger partial charge in [-0.3, -0.25) is 4.79 Å². The van der Waals surface area contributed by atoms with Crippen LogP contribution in [-0.2, 0) is 12.8 Å². The molecule has 1 aliphatic rings. The minimum absolute atomic E-state index is 0.206. The predicted molar refractivity (Wildman–Crippen MR) is 97.5 cm³/mol. The van der Waals surface area contributed by atoms with E-state index >= 15 is 0 Å². The lowest BCUT2D eigenvalue weighted by molar-refractivity contribution is 0.0959. The van der Waals surface area contributed by atoms with Gasteiger partial charge in [-0.05, 0) is 30.9 Å². The molecule has 1 amide bonds. The second-order valence-electron chi connectivity index (χ2n) is 5.56. The highest BCUT2D eigenvalue weighted by atomic mass is 32.1. The van der Waals surface area contributed by atoms with Crippen molar-refractivity contribution in [3.05, 3.63) is 39.1 Å². The molecule has 0 fully saturated rings. The molecule has 1 aromatic carbocycles. The molecular formula is C18H20N2O4S. The minimum Gasteiger partial charge on any atom is -0.496 e. The molecule has 2 aromatic rings. The van der Waals surface area contributed by atoms with Crippen molar-refractivity contribution in [1.29, 1.82) is 0 Å². The Morgan fingerprint density at radius 3 is 2.44 bits per heavy atom. The summed E-state index contributed by atoms with van der Waals surface area (Å²) < 4.78 is 15.9. The van der Waals surface area contributed by atoms with Crippen molar-refractivity contribution in [2.24, 2.45) is 5.10 Å². The third-order valence-electron chi connectivity index (χ3n) is 4.08. The van der Waals surface area contributed by atoms with Crippen molar-refractivity contribution in [2.75, 3.05) is 21.3 Å². The van der Waals surface area contributed by atoms with Crippen LogP contribution in [0.4, 0.5) is 0 Å². The molecule has 0 saturated carbocycles. The van der Waals surface area contributed by atoms with E-state index in [2.05, 4.69) is 10.5 Å². The molecule has 1 heterocycles. The van der Waals surface area contributed by atoms with Gasteiger partial charge in [-0.15, -0.1) is 11.3 Å². The van der Waals surface area contributed by atoms with Crippen LogP contribution in [0.15, 0.2) is 23.3 Å². The van der Waals surface area contributed by atoms with E-state index in [0.29, 0.717) is 27.7 Å². The van der Waals surface area contributed by atoms with Crippen LogP contribution < -0.4 is 19.6 Å². The van der Waals surface area contributed by atoms with E-state index < -0.39 is 0 Å². The molecule has 0 radical (unpaired) electrons. The number of methoxy groups -OCH3 is 3. The number of hydrazone groups is 1. The highest BCUT2D eigenvalue weighted by Gasteiger charge is 2.18. The number of benzene rings is 1. The zero-order valence-corrected chi connectivity index (χ0v) is 15.2. The normalized spacial score (nSPS) is 12.9. The standard InChI is InChI=1S/C18H20N2O4S/c1-22-12-8-14(23-2)13(15(9-12)24-3)10-19-20-18(21)17-7-11-5-4-6-16(11)25-17/h7-10H,4-6H2,1-3H3,(H,20,21)/b19-10-. The maximum Gasteiger partial charge on any atom is 0.281 e. The molecular weight excluding hydrogens is 340 g/mol. The van der Waals surface area contributed by atoms with Gasteiger partial charge in [0.1, 0.15) is 17.2 Å². The van der Waals surface area contributed by atoms with Gasteiger partial charge < -0.3 is 14.2 Å². The number of rotatable bonds is 6. The first-order valence-corrected chi connectivity index (χ1v) is 8.73. The van der Waals surface area contributed by atoms with Crippen molar-refractivity contribution >= 4 is 23.5 Å². The average molecular weight is 360 g/mol. The Bertz CT molecular complexity index is 767. The Kier molecular flexibility index (Phi) is 5.23. The summed E-state index contributed by atoms with van der Waals surface area (Å²) in [4.78, 5) is 14.3. The van der Waals surface area contributed by atoms with Crippen LogP contribution in [0.5, 0.6) is 17.2 Å². The monoisotopic (exact) mass is 360 g/mol. The molecule has 0 aliphatic heterocycles. The number of hydrogen-bond donors (Lipinski definition) is 1.